The van der Waals surface area contributed by atoms with Gasteiger partial charge in [-0.05, 0) is 12.1 Å². The number of nitrogens with one attached hydrogen (secondary N) is 1. The molecular formula is C22H21N3O6. The molecule has 2 aromatic carbocycles. The molecule has 0 radical (unpaired) electrons. The Bertz CT molecular complexity index is 1040. The smallest absolute Gasteiger partial charge is 0.284 e. The van der Waals surface area contributed by atoms with E-state index < -0.39 is 4.92 Å². The highest BCUT2D eigenvalue weighted by Gasteiger charge is 2.12. The molecule has 1 heterocycles. The van der Waals surface area contributed by atoms with Crippen molar-refractivity contribution in [3.63, 3.8) is 0 Å². The summed E-state index contributed by atoms with van der Waals surface area (Å²) in [5, 5.41) is 25.2. The van der Waals surface area contributed by atoms with Crippen LogP contribution in [0.2, 0.25) is 0 Å². The first-order valence-corrected chi connectivity index (χ1v) is 9.56. The maximum Gasteiger partial charge on any atom is 0.284 e. The standard InChI is InChI=1S/C22H21N3O6/c26-22(17-5-2-1-3-6-17)18-7-4-8-20(15-18)31-14-13-30-12-10-23-21-16-19(25(28)29)9-11-24(21)27/h1-9,11,15-16,23H,10,12-14H2. The van der Waals surface area contributed by atoms with Crippen LogP contribution in [0.5, 0.6) is 5.75 Å². The molecule has 0 spiro atoms. The zero-order valence-electron chi connectivity index (χ0n) is 16.6. The molecule has 0 unspecified atom stereocenters. The quantitative estimate of drug-likeness (QED) is 0.126. The van der Waals surface area contributed by atoms with Gasteiger partial charge in [0.05, 0.1) is 24.2 Å². The fraction of sp³-hybridized carbons (Fsp3) is 0.182. The molecule has 160 valence electrons. The van der Waals surface area contributed by atoms with Gasteiger partial charge in [0, 0.05) is 11.1 Å². The van der Waals surface area contributed by atoms with Gasteiger partial charge >= 0.3 is 0 Å². The molecule has 0 amide bonds. The maximum absolute atomic E-state index is 12.5. The zero-order chi connectivity index (χ0) is 22.1. The van der Waals surface area contributed by atoms with Crippen LogP contribution in [-0.2, 0) is 4.74 Å². The number of rotatable bonds is 11. The predicted octanol–water partition coefficient (Wildman–Crippen LogP) is 2.97. The molecule has 0 aliphatic rings. The SMILES string of the molecule is O=C(c1ccccc1)c1cccc(OCCOCCNc2cc([N+](=O)[O-])cc[n+]2[O-])c1. The minimum atomic E-state index is -0.568. The molecule has 0 bridgehead atoms. The summed E-state index contributed by atoms with van der Waals surface area (Å²) in [7, 11) is 0. The average molecular weight is 423 g/mol. The van der Waals surface area contributed by atoms with Gasteiger partial charge in [0.1, 0.15) is 31.2 Å². The van der Waals surface area contributed by atoms with Crippen LogP contribution in [0.3, 0.4) is 0 Å². The Kier molecular flexibility index (Phi) is 7.50. The van der Waals surface area contributed by atoms with Crippen LogP contribution >= 0.6 is 0 Å². The lowest BCUT2D eigenvalue weighted by Crippen LogP contribution is -2.31. The number of anilines is 1. The highest BCUT2D eigenvalue weighted by Crippen LogP contribution is 2.17. The molecule has 0 saturated carbocycles. The van der Waals surface area contributed by atoms with Gasteiger partial charge in [0.2, 0.25) is 0 Å². The van der Waals surface area contributed by atoms with E-state index in [2.05, 4.69) is 5.32 Å². The second-order valence-electron chi connectivity index (χ2n) is 6.46. The number of pyridine rings is 1. The van der Waals surface area contributed by atoms with Gasteiger partial charge in [-0.25, -0.2) is 4.73 Å². The summed E-state index contributed by atoms with van der Waals surface area (Å²) in [6, 6.07) is 18.3. The number of carbonyl (C=O) groups is 1. The molecule has 9 nitrogen and oxygen atoms in total. The molecule has 1 aromatic heterocycles. The third-order valence-electron chi connectivity index (χ3n) is 4.29. The Morgan fingerprint density at radius 3 is 2.52 bits per heavy atom. The van der Waals surface area contributed by atoms with Crippen molar-refractivity contribution in [1.82, 2.24) is 0 Å². The Morgan fingerprint density at radius 1 is 0.968 bits per heavy atom. The summed E-state index contributed by atoms with van der Waals surface area (Å²) in [5.41, 5.74) is 0.979. The summed E-state index contributed by atoms with van der Waals surface area (Å²) in [6.45, 7) is 1.15. The van der Waals surface area contributed by atoms with E-state index in [0.717, 1.165) is 12.3 Å². The van der Waals surface area contributed by atoms with Crippen LogP contribution in [-0.4, -0.2) is 37.1 Å². The normalized spacial score (nSPS) is 10.5. The van der Waals surface area contributed by atoms with E-state index in [9.17, 15) is 20.1 Å². The first kappa shape index (κ1) is 21.7. The van der Waals surface area contributed by atoms with Crippen molar-refractivity contribution < 1.29 is 23.9 Å². The first-order valence-electron chi connectivity index (χ1n) is 9.56. The van der Waals surface area contributed by atoms with Gasteiger partial charge in [-0.2, -0.15) is 0 Å². The molecule has 0 aliphatic heterocycles. The molecule has 0 saturated heterocycles. The summed E-state index contributed by atoms with van der Waals surface area (Å²) in [4.78, 5) is 22.7. The summed E-state index contributed by atoms with van der Waals surface area (Å²) in [5.74, 6) is 0.562. The molecule has 31 heavy (non-hydrogen) atoms. The molecule has 0 aliphatic carbocycles. The van der Waals surface area contributed by atoms with E-state index >= 15 is 0 Å². The minimum absolute atomic E-state index is 0.0777. The van der Waals surface area contributed by atoms with Crippen LogP contribution in [0.4, 0.5) is 11.5 Å². The van der Waals surface area contributed by atoms with Crippen LogP contribution in [0, 0.1) is 15.3 Å². The third-order valence-corrected chi connectivity index (χ3v) is 4.29. The maximum atomic E-state index is 12.5. The minimum Gasteiger partial charge on any atom is -0.711 e. The lowest BCUT2D eigenvalue weighted by molar-refractivity contribution is -0.591. The molecule has 3 aromatic rings. The molecular weight excluding hydrogens is 402 g/mol. The van der Waals surface area contributed by atoms with Crippen molar-refractivity contribution in [3.8, 4) is 5.75 Å². The van der Waals surface area contributed by atoms with Crippen LogP contribution in [0.1, 0.15) is 15.9 Å². The zero-order valence-corrected chi connectivity index (χ0v) is 16.6. The lowest BCUT2D eigenvalue weighted by atomic mass is 10.0. The van der Waals surface area contributed by atoms with Gasteiger partial charge in [0.15, 0.2) is 5.78 Å². The topological polar surface area (TPSA) is 118 Å². The third kappa shape index (κ3) is 6.25. The van der Waals surface area contributed by atoms with E-state index in [4.69, 9.17) is 9.47 Å². The van der Waals surface area contributed by atoms with E-state index in [-0.39, 0.29) is 30.5 Å². The lowest BCUT2D eigenvalue weighted by Gasteiger charge is -2.10. The van der Waals surface area contributed by atoms with Crippen molar-refractivity contribution in [1.29, 1.82) is 0 Å². The van der Waals surface area contributed by atoms with Crippen molar-refractivity contribution in [2.45, 2.75) is 0 Å². The van der Waals surface area contributed by atoms with Crippen molar-refractivity contribution >= 4 is 17.3 Å². The van der Waals surface area contributed by atoms with Gasteiger partial charge in [0.25, 0.3) is 11.5 Å². The number of aromatic nitrogens is 1. The molecule has 1 N–H and O–H groups in total. The first-order chi connectivity index (χ1) is 15.0. The number of benzene rings is 2. The van der Waals surface area contributed by atoms with Crippen molar-refractivity contribution in [3.05, 3.63) is 99.4 Å². The van der Waals surface area contributed by atoms with Gasteiger partial charge in [-0.1, -0.05) is 42.5 Å². The molecule has 3 rings (SSSR count). The molecule has 9 heteroatoms. The predicted molar refractivity (Wildman–Crippen MR) is 113 cm³/mol. The number of nitrogens with zero attached hydrogens (tertiary/aromatic N) is 2. The highest BCUT2D eigenvalue weighted by atomic mass is 16.6. The van der Waals surface area contributed by atoms with Crippen LogP contribution < -0.4 is 14.8 Å². The fourth-order valence-corrected chi connectivity index (χ4v) is 2.77. The van der Waals surface area contributed by atoms with Gasteiger partial charge in [-0.15, -0.1) is 0 Å². The second-order valence-corrected chi connectivity index (χ2v) is 6.46. The molecule has 0 fully saturated rings. The van der Waals surface area contributed by atoms with Crippen LogP contribution in [0.25, 0.3) is 0 Å². The fourth-order valence-electron chi connectivity index (χ4n) is 2.77. The van der Waals surface area contributed by atoms with Crippen molar-refractivity contribution in [2.24, 2.45) is 0 Å². The van der Waals surface area contributed by atoms with Gasteiger partial charge < -0.3 is 14.7 Å². The Balaban J connectivity index is 1.39. The van der Waals surface area contributed by atoms with Gasteiger partial charge in [-0.3, -0.25) is 20.2 Å². The Morgan fingerprint density at radius 2 is 1.74 bits per heavy atom. The molecule has 0 atom stereocenters. The number of ketones is 1. The van der Waals surface area contributed by atoms with Crippen molar-refractivity contribution in [2.75, 3.05) is 31.7 Å². The number of hydrogen-bond donors (Lipinski definition) is 1. The average Bonchev–Trinajstić information content (AvgIpc) is 2.79. The van der Waals surface area contributed by atoms with E-state index in [1.54, 1.807) is 36.4 Å². The number of hydrogen-bond acceptors (Lipinski definition) is 7. The number of carbonyl (C=O) groups excluding carboxylic acids is 1. The highest BCUT2D eigenvalue weighted by molar-refractivity contribution is 6.09. The Labute approximate surface area is 178 Å². The monoisotopic (exact) mass is 423 g/mol. The van der Waals surface area contributed by atoms with E-state index in [0.29, 0.717) is 34.8 Å². The Hall–Kier alpha value is -3.98. The largest absolute Gasteiger partial charge is 0.711 e. The number of ether oxygens (including phenoxy) is 2. The second kappa shape index (κ2) is 10.7. The summed E-state index contributed by atoms with van der Waals surface area (Å²) in [6.07, 6.45) is 1.08. The summed E-state index contributed by atoms with van der Waals surface area (Å²) < 4.78 is 11.6. The van der Waals surface area contributed by atoms with E-state index in [1.807, 2.05) is 18.2 Å². The van der Waals surface area contributed by atoms with E-state index in [1.165, 1.54) is 6.07 Å². The number of nitro groups is 1. The summed E-state index contributed by atoms with van der Waals surface area (Å²) >= 11 is 0. The van der Waals surface area contributed by atoms with Crippen LogP contribution in [0.15, 0.2) is 72.9 Å².